The Kier molecular flexibility index (Phi) is 11.9. The van der Waals surface area contributed by atoms with Gasteiger partial charge in [0, 0.05) is 49.2 Å². The van der Waals surface area contributed by atoms with Crippen LogP contribution in [0.2, 0.25) is 0 Å². The standard InChI is InChI=1S/C87H61N5/c1-86(2)75-33-15-11-29-66(75)68-43-38-60(52-77(68)86)58-40-45-81-73(50-58)70-31-13-17-35-79(70)91(81)64-28-20-27-63(48-64)84-88-83(62-26-19-25-56(47-62)57-37-42-65(54-21-7-5-8-22-54)72(49-57)55-23-9-6-10-24-55)89-85(90-84)92-80-36-18-14-32-71(80)74-51-59(41-46-82(74)92)61-39-44-69-67-30-12-16-34-76(67)87(3,4)78(69)53-61/h5-53H,1-4H3. The number of para-hydroxylation sites is 2. The van der Waals surface area contributed by atoms with Crippen LogP contribution in [0.1, 0.15) is 49.9 Å². The zero-order chi connectivity index (χ0) is 61.4. The van der Waals surface area contributed by atoms with Crippen LogP contribution in [0.4, 0.5) is 0 Å². The number of fused-ring (bicyclic) bond motifs is 12. The van der Waals surface area contributed by atoms with E-state index in [4.69, 9.17) is 15.0 Å². The summed E-state index contributed by atoms with van der Waals surface area (Å²) in [6, 6.07) is 109. The fourth-order valence-electron chi connectivity index (χ4n) is 15.4. The third-order valence-electron chi connectivity index (χ3n) is 20.0. The van der Waals surface area contributed by atoms with Gasteiger partial charge in [0.2, 0.25) is 5.95 Å². The summed E-state index contributed by atoms with van der Waals surface area (Å²) in [5.74, 6) is 1.69. The monoisotopic (exact) mass is 1180 g/mol. The summed E-state index contributed by atoms with van der Waals surface area (Å²) < 4.78 is 4.63. The number of hydrogen-bond acceptors (Lipinski definition) is 3. The molecule has 0 unspecified atom stereocenters. The van der Waals surface area contributed by atoms with Gasteiger partial charge in [0.25, 0.3) is 0 Å². The molecule has 0 bridgehead atoms. The molecule has 0 N–H and O–H groups in total. The lowest BCUT2D eigenvalue weighted by Crippen LogP contribution is -2.14. The van der Waals surface area contributed by atoms with Crippen LogP contribution in [0.5, 0.6) is 0 Å². The Morgan fingerprint density at radius 1 is 0.228 bits per heavy atom. The Morgan fingerprint density at radius 3 is 1.21 bits per heavy atom. The molecule has 5 heteroatoms. The Hall–Kier alpha value is -11.5. The minimum atomic E-state index is -0.115. The maximum atomic E-state index is 5.56. The van der Waals surface area contributed by atoms with Crippen LogP contribution in [-0.2, 0) is 10.8 Å². The first-order valence-corrected chi connectivity index (χ1v) is 31.9. The molecule has 0 saturated carbocycles. The van der Waals surface area contributed by atoms with Gasteiger partial charge >= 0.3 is 0 Å². The van der Waals surface area contributed by atoms with Crippen molar-refractivity contribution < 1.29 is 0 Å². The summed E-state index contributed by atoms with van der Waals surface area (Å²) in [5.41, 5.74) is 29.2. The molecule has 0 atom stereocenters. The molecule has 13 aromatic carbocycles. The van der Waals surface area contributed by atoms with Crippen molar-refractivity contribution in [2.24, 2.45) is 0 Å². The smallest absolute Gasteiger partial charge is 0.238 e. The molecule has 2 aliphatic carbocycles. The van der Waals surface area contributed by atoms with Crippen LogP contribution < -0.4 is 0 Å². The van der Waals surface area contributed by atoms with Crippen molar-refractivity contribution in [3.8, 4) is 112 Å². The number of aromatic nitrogens is 5. The average molecular weight is 1180 g/mol. The second-order valence-electron chi connectivity index (χ2n) is 25.9. The fraction of sp³-hybridized carbons (Fsp3) is 0.0690. The lowest BCUT2D eigenvalue weighted by molar-refractivity contribution is 0.660. The SMILES string of the molecule is CC1(C)c2ccccc2-c2ccc(-c3ccc4c(c3)c3ccccc3n4-c3cccc(-c4nc(-c5cccc(-c6ccc(-c7ccccc7)c(-c7ccccc7)c6)c5)nc(-n5c6ccccc6c6cc(-c7ccc8c(c7)C(C)(C)c7ccccc7-8)ccc65)n4)c3)cc21. The van der Waals surface area contributed by atoms with E-state index in [-0.39, 0.29) is 10.8 Å². The van der Waals surface area contributed by atoms with Gasteiger partial charge in [0.1, 0.15) is 0 Å². The third-order valence-corrected chi connectivity index (χ3v) is 20.0. The minimum absolute atomic E-state index is 0.0938. The summed E-state index contributed by atoms with van der Waals surface area (Å²) >= 11 is 0. The number of rotatable bonds is 9. The van der Waals surface area contributed by atoms with E-state index in [1.165, 1.54) is 88.7 Å². The van der Waals surface area contributed by atoms with Gasteiger partial charge in [0.05, 0.1) is 22.1 Å². The van der Waals surface area contributed by atoms with Crippen molar-refractivity contribution in [2.75, 3.05) is 0 Å². The summed E-state index contributed by atoms with van der Waals surface area (Å²) in [7, 11) is 0. The molecule has 92 heavy (non-hydrogen) atoms. The molecule has 0 amide bonds. The van der Waals surface area contributed by atoms with Crippen LogP contribution in [-0.4, -0.2) is 24.1 Å². The van der Waals surface area contributed by atoms with Crippen molar-refractivity contribution in [3.05, 3.63) is 320 Å². The van der Waals surface area contributed by atoms with Gasteiger partial charge in [-0.25, -0.2) is 4.98 Å². The van der Waals surface area contributed by atoms with E-state index in [1.807, 2.05) is 0 Å². The Bertz CT molecular complexity index is 5710. The van der Waals surface area contributed by atoms with E-state index in [9.17, 15) is 0 Å². The summed E-state index contributed by atoms with van der Waals surface area (Å²) in [6.45, 7) is 9.41. The highest BCUT2D eigenvalue weighted by atomic mass is 15.2. The minimum Gasteiger partial charge on any atom is -0.309 e. The normalized spacial score (nSPS) is 13.4. The largest absolute Gasteiger partial charge is 0.309 e. The molecule has 16 aromatic rings. The van der Waals surface area contributed by atoms with Crippen molar-refractivity contribution in [1.82, 2.24) is 24.1 Å². The highest BCUT2D eigenvalue weighted by Crippen LogP contribution is 2.52. The maximum absolute atomic E-state index is 5.56. The van der Waals surface area contributed by atoms with Crippen molar-refractivity contribution in [1.29, 1.82) is 0 Å². The highest BCUT2D eigenvalue weighted by molar-refractivity contribution is 6.12. The molecule has 0 fully saturated rings. The predicted octanol–water partition coefficient (Wildman–Crippen LogP) is 22.3. The molecule has 0 saturated heterocycles. The summed E-state index contributed by atoms with van der Waals surface area (Å²) in [4.78, 5) is 16.6. The van der Waals surface area contributed by atoms with E-state index < -0.39 is 0 Å². The van der Waals surface area contributed by atoms with Gasteiger partial charge in [-0.3, -0.25) is 4.57 Å². The average Bonchev–Trinajstić information content (AvgIpc) is 1.59. The second-order valence-corrected chi connectivity index (χ2v) is 25.9. The van der Waals surface area contributed by atoms with Crippen LogP contribution in [0.15, 0.2) is 297 Å². The van der Waals surface area contributed by atoms with Crippen LogP contribution >= 0.6 is 0 Å². The van der Waals surface area contributed by atoms with Gasteiger partial charge in [-0.05, 0) is 173 Å². The Balaban J connectivity index is 0.789. The van der Waals surface area contributed by atoms with Gasteiger partial charge in [-0.2, -0.15) is 9.97 Å². The van der Waals surface area contributed by atoms with Crippen LogP contribution in [0, 0.1) is 0 Å². The van der Waals surface area contributed by atoms with Crippen molar-refractivity contribution >= 4 is 43.6 Å². The molecule has 0 spiro atoms. The molecule has 0 radical (unpaired) electrons. The van der Waals surface area contributed by atoms with Crippen LogP contribution in [0.25, 0.3) is 156 Å². The van der Waals surface area contributed by atoms with Crippen LogP contribution in [0.3, 0.4) is 0 Å². The van der Waals surface area contributed by atoms with Crippen molar-refractivity contribution in [2.45, 2.75) is 38.5 Å². The molecular weight excluding hydrogens is 1110 g/mol. The van der Waals surface area contributed by atoms with Gasteiger partial charge in [-0.15, -0.1) is 0 Å². The lowest BCUT2D eigenvalue weighted by Gasteiger charge is -2.22. The Morgan fingerprint density at radius 2 is 0.620 bits per heavy atom. The number of nitrogens with zero attached hydrogens (tertiary/aromatic N) is 5. The van der Waals surface area contributed by atoms with E-state index in [2.05, 4.69) is 334 Å². The second kappa shape index (κ2) is 20.5. The summed E-state index contributed by atoms with van der Waals surface area (Å²) in [5, 5.41) is 4.64. The van der Waals surface area contributed by atoms with Gasteiger partial charge in [0.15, 0.2) is 11.6 Å². The van der Waals surface area contributed by atoms with E-state index in [0.29, 0.717) is 17.6 Å². The Labute approximate surface area is 534 Å². The topological polar surface area (TPSA) is 48.5 Å². The lowest BCUT2D eigenvalue weighted by atomic mass is 9.81. The molecule has 2 aliphatic rings. The summed E-state index contributed by atoms with van der Waals surface area (Å²) in [6.07, 6.45) is 0. The van der Waals surface area contributed by atoms with Gasteiger partial charge in [-0.1, -0.05) is 252 Å². The zero-order valence-corrected chi connectivity index (χ0v) is 51.5. The van der Waals surface area contributed by atoms with Gasteiger partial charge < -0.3 is 4.57 Å². The molecule has 5 nitrogen and oxygen atoms in total. The quantitative estimate of drug-likeness (QED) is 0.145. The predicted molar refractivity (Wildman–Crippen MR) is 382 cm³/mol. The highest BCUT2D eigenvalue weighted by Gasteiger charge is 2.37. The molecular formula is C87H61N5. The van der Waals surface area contributed by atoms with E-state index >= 15 is 0 Å². The molecule has 18 rings (SSSR count). The third kappa shape index (κ3) is 8.35. The number of hydrogen-bond donors (Lipinski definition) is 0. The number of benzene rings is 13. The first-order valence-electron chi connectivity index (χ1n) is 31.9. The van der Waals surface area contributed by atoms with E-state index in [0.717, 1.165) is 71.9 Å². The van der Waals surface area contributed by atoms with E-state index in [1.54, 1.807) is 0 Å². The molecule has 434 valence electrons. The fourth-order valence-corrected chi connectivity index (χ4v) is 15.4. The molecule has 3 aromatic heterocycles. The first-order chi connectivity index (χ1) is 45.1. The molecule has 0 aliphatic heterocycles. The molecule has 3 heterocycles. The maximum Gasteiger partial charge on any atom is 0.238 e. The van der Waals surface area contributed by atoms with Crippen molar-refractivity contribution in [3.63, 3.8) is 0 Å². The zero-order valence-electron chi connectivity index (χ0n) is 51.5. The first kappa shape index (κ1) is 53.5.